The van der Waals surface area contributed by atoms with E-state index in [1.54, 1.807) is 0 Å². The van der Waals surface area contributed by atoms with Gasteiger partial charge in [0.15, 0.2) is 0 Å². The molecule has 0 fully saturated rings. The van der Waals surface area contributed by atoms with Crippen molar-refractivity contribution in [1.29, 1.82) is 5.26 Å². The fourth-order valence-electron chi connectivity index (χ4n) is 1.36. The van der Waals surface area contributed by atoms with Crippen LogP contribution in [0.25, 0.3) is 0 Å². The van der Waals surface area contributed by atoms with E-state index in [0.29, 0.717) is 24.9 Å². The van der Waals surface area contributed by atoms with Gasteiger partial charge in [0.1, 0.15) is 11.6 Å². The van der Waals surface area contributed by atoms with Crippen LogP contribution in [0.1, 0.15) is 18.4 Å². The fourth-order valence-corrected chi connectivity index (χ4v) is 1.36. The zero-order chi connectivity index (χ0) is 11.8. The Bertz CT molecular complexity index is 372. The van der Waals surface area contributed by atoms with Crippen molar-refractivity contribution in [2.75, 3.05) is 13.1 Å². The van der Waals surface area contributed by atoms with Crippen molar-refractivity contribution in [3.05, 3.63) is 35.4 Å². The highest BCUT2D eigenvalue weighted by Crippen LogP contribution is 2.09. The summed E-state index contributed by atoms with van der Waals surface area (Å²) in [5.41, 5.74) is 0.509. The molecular weight excluding hydrogens is 210 g/mol. The Labute approximate surface area is 93.9 Å². The van der Waals surface area contributed by atoms with Gasteiger partial charge < -0.3 is 5.32 Å². The first-order chi connectivity index (χ1) is 7.74. The minimum Gasteiger partial charge on any atom is -0.316 e. The molecule has 1 aromatic carbocycles. The highest BCUT2D eigenvalue weighted by atomic mass is 19.1. The molecule has 0 atom stereocenters. The molecule has 1 N–H and O–H groups in total. The van der Waals surface area contributed by atoms with Gasteiger partial charge in [0.2, 0.25) is 0 Å². The molecular formula is C12H14F2N2. The lowest BCUT2D eigenvalue weighted by atomic mass is 10.1. The minimum absolute atomic E-state index is 0.501. The molecule has 0 unspecified atom stereocenters. The number of nitrogens with one attached hydrogen (secondary N) is 1. The molecule has 0 aromatic heterocycles. The summed E-state index contributed by atoms with van der Waals surface area (Å²) in [5.74, 6) is -1.05. The van der Waals surface area contributed by atoms with E-state index in [1.807, 2.05) is 6.07 Å². The largest absolute Gasteiger partial charge is 0.316 e. The van der Waals surface area contributed by atoms with E-state index in [9.17, 15) is 8.78 Å². The second-order valence-corrected chi connectivity index (χ2v) is 3.50. The molecule has 1 aromatic rings. The minimum atomic E-state index is -0.553. The van der Waals surface area contributed by atoms with Crippen LogP contribution < -0.4 is 5.32 Å². The lowest BCUT2D eigenvalue weighted by Crippen LogP contribution is -2.18. The molecule has 4 heteroatoms. The van der Waals surface area contributed by atoms with Gasteiger partial charge in [0.05, 0.1) is 6.07 Å². The third-order valence-corrected chi connectivity index (χ3v) is 2.23. The highest BCUT2D eigenvalue weighted by Gasteiger charge is 2.02. The molecule has 0 saturated carbocycles. The van der Waals surface area contributed by atoms with Crippen molar-refractivity contribution in [1.82, 2.24) is 5.32 Å². The number of unbranched alkanes of at least 4 members (excludes halogenated alkanes) is 1. The Morgan fingerprint density at radius 2 is 2.06 bits per heavy atom. The average molecular weight is 224 g/mol. The van der Waals surface area contributed by atoms with Crippen LogP contribution in [-0.2, 0) is 6.42 Å². The monoisotopic (exact) mass is 224 g/mol. The van der Waals surface area contributed by atoms with Crippen LogP contribution >= 0.6 is 0 Å². The van der Waals surface area contributed by atoms with Crippen molar-refractivity contribution in [3.63, 3.8) is 0 Å². The molecule has 0 radical (unpaired) electrons. The number of rotatable bonds is 6. The zero-order valence-electron chi connectivity index (χ0n) is 8.97. The molecule has 0 aliphatic heterocycles. The van der Waals surface area contributed by atoms with Gasteiger partial charge >= 0.3 is 0 Å². The zero-order valence-corrected chi connectivity index (χ0v) is 8.97. The maximum absolute atomic E-state index is 13.2. The van der Waals surface area contributed by atoms with Crippen LogP contribution in [-0.4, -0.2) is 13.1 Å². The summed E-state index contributed by atoms with van der Waals surface area (Å²) in [7, 11) is 0. The third-order valence-electron chi connectivity index (χ3n) is 2.23. The molecule has 0 amide bonds. The average Bonchev–Trinajstić information content (AvgIpc) is 2.26. The lowest BCUT2D eigenvalue weighted by Gasteiger charge is -2.04. The number of halogens is 2. The summed E-state index contributed by atoms with van der Waals surface area (Å²) in [6.45, 7) is 1.38. The van der Waals surface area contributed by atoms with Crippen LogP contribution in [0.15, 0.2) is 18.2 Å². The smallest absolute Gasteiger partial charge is 0.129 e. The van der Waals surface area contributed by atoms with E-state index in [2.05, 4.69) is 5.32 Å². The second kappa shape index (κ2) is 6.91. The summed E-state index contributed by atoms with van der Waals surface area (Å²) >= 11 is 0. The van der Waals surface area contributed by atoms with Crippen molar-refractivity contribution in [2.24, 2.45) is 0 Å². The van der Waals surface area contributed by atoms with Gasteiger partial charge in [-0.1, -0.05) is 6.07 Å². The van der Waals surface area contributed by atoms with Gasteiger partial charge in [-0.3, -0.25) is 0 Å². The van der Waals surface area contributed by atoms with E-state index >= 15 is 0 Å². The molecule has 16 heavy (non-hydrogen) atoms. The summed E-state index contributed by atoms with van der Waals surface area (Å²) in [6.07, 6.45) is 1.85. The Balaban J connectivity index is 2.25. The lowest BCUT2D eigenvalue weighted by molar-refractivity contribution is 0.565. The normalized spacial score (nSPS) is 10.1. The summed E-state index contributed by atoms with van der Waals surface area (Å²) in [4.78, 5) is 0. The van der Waals surface area contributed by atoms with Crippen LogP contribution in [0.3, 0.4) is 0 Å². The maximum Gasteiger partial charge on any atom is 0.129 e. The summed E-state index contributed by atoms with van der Waals surface area (Å²) in [5, 5.41) is 11.4. The molecule has 2 nitrogen and oxygen atoms in total. The molecule has 0 saturated heterocycles. The quantitative estimate of drug-likeness (QED) is 0.753. The topological polar surface area (TPSA) is 35.8 Å². The first kappa shape index (κ1) is 12.6. The van der Waals surface area contributed by atoms with Gasteiger partial charge in [0.25, 0.3) is 0 Å². The molecule has 0 heterocycles. The predicted molar refractivity (Wildman–Crippen MR) is 57.8 cm³/mol. The van der Waals surface area contributed by atoms with Crippen molar-refractivity contribution >= 4 is 0 Å². The van der Waals surface area contributed by atoms with Crippen molar-refractivity contribution < 1.29 is 8.78 Å². The molecule has 86 valence electrons. The highest BCUT2D eigenvalue weighted by molar-refractivity contribution is 5.18. The van der Waals surface area contributed by atoms with Gasteiger partial charge in [-0.05, 0) is 37.6 Å². The molecule has 0 bridgehead atoms. The van der Waals surface area contributed by atoms with Gasteiger partial charge in [-0.2, -0.15) is 5.26 Å². The number of hydrogen-bond acceptors (Lipinski definition) is 2. The SMILES string of the molecule is N#CCCCNCCc1ccc(F)cc1F. The van der Waals surface area contributed by atoms with E-state index < -0.39 is 11.6 Å². The van der Waals surface area contributed by atoms with Crippen molar-refractivity contribution in [2.45, 2.75) is 19.3 Å². The number of hydrogen-bond donors (Lipinski definition) is 1. The molecule has 0 aliphatic rings. The first-order valence-electron chi connectivity index (χ1n) is 5.25. The van der Waals surface area contributed by atoms with Crippen molar-refractivity contribution in [3.8, 4) is 6.07 Å². The van der Waals surface area contributed by atoms with Crippen LogP contribution in [0.5, 0.6) is 0 Å². The predicted octanol–water partition coefficient (Wildman–Crippen LogP) is 2.40. The van der Waals surface area contributed by atoms with Gasteiger partial charge in [0, 0.05) is 12.5 Å². The van der Waals surface area contributed by atoms with Crippen LogP contribution in [0.2, 0.25) is 0 Å². The van der Waals surface area contributed by atoms with Crippen LogP contribution in [0.4, 0.5) is 8.78 Å². The Kier molecular flexibility index (Phi) is 5.44. The number of nitriles is 1. The Morgan fingerprint density at radius 3 is 2.75 bits per heavy atom. The number of benzene rings is 1. The second-order valence-electron chi connectivity index (χ2n) is 3.50. The molecule has 0 aliphatic carbocycles. The molecule has 1 rings (SSSR count). The Hall–Kier alpha value is -1.47. The summed E-state index contributed by atoms with van der Waals surface area (Å²) < 4.78 is 25.8. The van der Waals surface area contributed by atoms with E-state index in [0.717, 1.165) is 19.0 Å². The third kappa shape index (κ3) is 4.37. The maximum atomic E-state index is 13.2. The molecule has 0 spiro atoms. The van der Waals surface area contributed by atoms with E-state index in [-0.39, 0.29) is 0 Å². The van der Waals surface area contributed by atoms with Gasteiger partial charge in [-0.25, -0.2) is 8.78 Å². The van der Waals surface area contributed by atoms with Gasteiger partial charge in [-0.15, -0.1) is 0 Å². The first-order valence-corrected chi connectivity index (χ1v) is 5.25. The van der Waals surface area contributed by atoms with E-state index in [4.69, 9.17) is 5.26 Å². The standard InChI is InChI=1S/C12H14F2N2/c13-11-4-3-10(12(14)9-11)5-8-16-7-2-1-6-15/h3-4,9,16H,1-2,5,7-8H2. The number of nitrogens with zero attached hydrogens (tertiary/aromatic N) is 1. The Morgan fingerprint density at radius 1 is 1.25 bits per heavy atom. The van der Waals surface area contributed by atoms with E-state index in [1.165, 1.54) is 12.1 Å². The van der Waals surface area contributed by atoms with Crippen LogP contribution in [0, 0.1) is 23.0 Å². The fraction of sp³-hybridized carbons (Fsp3) is 0.417. The summed E-state index contributed by atoms with van der Waals surface area (Å²) in [6, 6.07) is 5.66.